The highest BCUT2D eigenvalue weighted by atomic mass is 19.1. The van der Waals surface area contributed by atoms with Gasteiger partial charge in [0.25, 0.3) is 0 Å². The molecule has 1 aromatic heterocycles. The van der Waals surface area contributed by atoms with Gasteiger partial charge >= 0.3 is 6.08 Å². The number of halogens is 1. The Morgan fingerprint density at radius 3 is 3.00 bits per heavy atom. The van der Waals surface area contributed by atoms with Gasteiger partial charge in [0, 0.05) is 12.1 Å². The van der Waals surface area contributed by atoms with Gasteiger partial charge in [-0.15, -0.1) is 0 Å². The molecular formula is C12H13FN2O2. The zero-order valence-electron chi connectivity index (χ0n) is 9.44. The van der Waals surface area contributed by atoms with Gasteiger partial charge in [0.15, 0.2) is 0 Å². The van der Waals surface area contributed by atoms with E-state index in [0.717, 1.165) is 5.69 Å². The van der Waals surface area contributed by atoms with Crippen LogP contribution in [-0.4, -0.2) is 12.0 Å². The first-order chi connectivity index (χ1) is 8.29. The second-order valence-electron chi connectivity index (χ2n) is 3.52. The molecule has 0 spiro atoms. The van der Waals surface area contributed by atoms with Crippen molar-refractivity contribution in [3.8, 4) is 6.08 Å². The highest BCUT2D eigenvalue weighted by Gasteiger charge is 2.06. The van der Waals surface area contributed by atoms with E-state index in [0.29, 0.717) is 12.1 Å². The van der Waals surface area contributed by atoms with E-state index < -0.39 is 0 Å². The van der Waals surface area contributed by atoms with E-state index >= 15 is 0 Å². The molecule has 4 nitrogen and oxygen atoms in total. The normalized spacial score (nSPS) is 10.5. The Balaban J connectivity index is 1.95. The summed E-state index contributed by atoms with van der Waals surface area (Å²) < 4.78 is 23.6. The summed E-state index contributed by atoms with van der Waals surface area (Å²) >= 11 is 0. The van der Waals surface area contributed by atoms with Gasteiger partial charge in [-0.3, -0.25) is 0 Å². The molecule has 0 unspecified atom stereocenters. The van der Waals surface area contributed by atoms with Gasteiger partial charge in [-0.2, -0.15) is 4.98 Å². The van der Waals surface area contributed by atoms with Crippen molar-refractivity contribution in [1.29, 1.82) is 0 Å². The summed E-state index contributed by atoms with van der Waals surface area (Å²) in [6, 6.07) is 6.44. The molecule has 0 fully saturated rings. The maximum atomic E-state index is 13.3. The molecule has 1 heterocycles. The molecule has 0 aliphatic rings. The Labute approximate surface area is 98.4 Å². The van der Waals surface area contributed by atoms with Crippen molar-refractivity contribution >= 4 is 0 Å². The number of nitrogens with zero attached hydrogens (tertiary/aromatic N) is 1. The zero-order valence-corrected chi connectivity index (χ0v) is 9.44. The first kappa shape index (κ1) is 11.6. The van der Waals surface area contributed by atoms with Crippen molar-refractivity contribution in [3.05, 3.63) is 47.6 Å². The predicted octanol–water partition coefficient (Wildman–Crippen LogP) is 2.11. The number of hydrogen-bond acceptors (Lipinski definition) is 4. The van der Waals surface area contributed by atoms with Crippen LogP contribution in [0.1, 0.15) is 11.3 Å². The smallest absolute Gasteiger partial charge is 0.394 e. The molecule has 5 heteroatoms. The number of benzene rings is 1. The maximum Gasteiger partial charge on any atom is 0.394 e. The Morgan fingerprint density at radius 2 is 2.24 bits per heavy atom. The fourth-order valence-corrected chi connectivity index (χ4v) is 1.37. The summed E-state index contributed by atoms with van der Waals surface area (Å²) in [7, 11) is 1.81. The Kier molecular flexibility index (Phi) is 3.72. The highest BCUT2D eigenvalue weighted by molar-refractivity contribution is 5.16. The van der Waals surface area contributed by atoms with Crippen LogP contribution in [0.15, 0.2) is 34.9 Å². The van der Waals surface area contributed by atoms with Crippen LogP contribution in [0.3, 0.4) is 0 Å². The van der Waals surface area contributed by atoms with Gasteiger partial charge in [0.1, 0.15) is 18.7 Å². The van der Waals surface area contributed by atoms with E-state index in [1.54, 1.807) is 18.2 Å². The third kappa shape index (κ3) is 3.04. The second-order valence-corrected chi connectivity index (χ2v) is 3.52. The van der Waals surface area contributed by atoms with Crippen molar-refractivity contribution in [2.75, 3.05) is 7.05 Å². The molecule has 0 bridgehead atoms. The molecule has 17 heavy (non-hydrogen) atoms. The van der Waals surface area contributed by atoms with Crippen LogP contribution in [-0.2, 0) is 13.2 Å². The van der Waals surface area contributed by atoms with Crippen LogP contribution in [0.5, 0.6) is 6.08 Å². The van der Waals surface area contributed by atoms with E-state index in [1.165, 1.54) is 12.3 Å². The number of hydrogen-bond donors (Lipinski definition) is 1. The fourth-order valence-electron chi connectivity index (χ4n) is 1.37. The first-order valence-corrected chi connectivity index (χ1v) is 5.25. The van der Waals surface area contributed by atoms with E-state index in [2.05, 4.69) is 10.3 Å². The molecule has 1 aromatic carbocycles. The minimum Gasteiger partial charge on any atom is -0.445 e. The molecule has 0 radical (unpaired) electrons. The summed E-state index contributed by atoms with van der Waals surface area (Å²) in [4.78, 5) is 4.07. The van der Waals surface area contributed by atoms with E-state index in [9.17, 15) is 4.39 Å². The van der Waals surface area contributed by atoms with Crippen molar-refractivity contribution in [2.45, 2.75) is 13.2 Å². The highest BCUT2D eigenvalue weighted by Crippen LogP contribution is 2.13. The topological polar surface area (TPSA) is 47.3 Å². The molecule has 2 rings (SSSR count). The standard InChI is InChI=1S/C12H13FN2O2/c1-14-6-10-8-17-12(15-10)16-7-9-4-2-3-5-11(9)13/h2-5,8,14H,6-7H2,1H3. The molecule has 1 N–H and O–H groups in total. The summed E-state index contributed by atoms with van der Waals surface area (Å²) in [6.07, 6.45) is 1.66. The summed E-state index contributed by atoms with van der Waals surface area (Å²) in [5.41, 5.74) is 1.22. The average Bonchev–Trinajstić information content (AvgIpc) is 2.76. The Bertz CT molecular complexity index is 485. The van der Waals surface area contributed by atoms with Gasteiger partial charge < -0.3 is 14.5 Å². The second kappa shape index (κ2) is 5.45. The van der Waals surface area contributed by atoms with Crippen molar-refractivity contribution in [3.63, 3.8) is 0 Å². The average molecular weight is 236 g/mol. The fraction of sp³-hybridized carbons (Fsp3) is 0.250. The monoisotopic (exact) mass is 236 g/mol. The molecule has 0 saturated carbocycles. The largest absolute Gasteiger partial charge is 0.445 e. The number of aromatic nitrogens is 1. The lowest BCUT2D eigenvalue weighted by molar-refractivity contribution is 0.217. The zero-order chi connectivity index (χ0) is 12.1. The lowest BCUT2D eigenvalue weighted by Crippen LogP contribution is -2.05. The van der Waals surface area contributed by atoms with Crippen LogP contribution in [0.2, 0.25) is 0 Å². The summed E-state index contributed by atoms with van der Waals surface area (Å²) in [5, 5.41) is 2.94. The Morgan fingerprint density at radius 1 is 1.41 bits per heavy atom. The lowest BCUT2D eigenvalue weighted by Gasteiger charge is -2.02. The van der Waals surface area contributed by atoms with E-state index in [4.69, 9.17) is 9.15 Å². The maximum absolute atomic E-state index is 13.3. The number of ether oxygens (including phenoxy) is 1. The molecule has 0 saturated heterocycles. The molecular weight excluding hydrogens is 223 g/mol. The van der Waals surface area contributed by atoms with Gasteiger partial charge in [-0.1, -0.05) is 18.2 Å². The molecule has 0 atom stereocenters. The number of nitrogens with one attached hydrogen (secondary N) is 1. The van der Waals surface area contributed by atoms with Crippen LogP contribution < -0.4 is 10.1 Å². The molecule has 90 valence electrons. The lowest BCUT2D eigenvalue weighted by atomic mass is 10.2. The van der Waals surface area contributed by atoms with Gasteiger partial charge in [0.2, 0.25) is 0 Å². The van der Waals surface area contributed by atoms with Crippen LogP contribution in [0.25, 0.3) is 0 Å². The van der Waals surface area contributed by atoms with Crippen LogP contribution in [0, 0.1) is 5.82 Å². The quantitative estimate of drug-likeness (QED) is 0.863. The van der Waals surface area contributed by atoms with Crippen molar-refractivity contribution in [2.24, 2.45) is 0 Å². The third-order valence-electron chi connectivity index (χ3n) is 2.20. The van der Waals surface area contributed by atoms with Crippen molar-refractivity contribution < 1.29 is 13.5 Å². The Hall–Kier alpha value is -1.88. The summed E-state index contributed by atoms with van der Waals surface area (Å²) in [5.74, 6) is -0.297. The van der Waals surface area contributed by atoms with E-state index in [-0.39, 0.29) is 18.5 Å². The SMILES string of the molecule is CNCc1coc(OCc2ccccc2F)n1. The van der Waals surface area contributed by atoms with Gasteiger partial charge in [0.05, 0.1) is 5.69 Å². The van der Waals surface area contributed by atoms with E-state index in [1.807, 2.05) is 7.05 Å². The number of oxazole rings is 1. The summed E-state index contributed by atoms with van der Waals surface area (Å²) in [6.45, 7) is 0.707. The van der Waals surface area contributed by atoms with Gasteiger partial charge in [-0.05, 0) is 13.1 Å². The molecule has 2 aromatic rings. The molecule has 0 aliphatic carbocycles. The van der Waals surface area contributed by atoms with Gasteiger partial charge in [-0.25, -0.2) is 4.39 Å². The van der Waals surface area contributed by atoms with Crippen molar-refractivity contribution in [1.82, 2.24) is 10.3 Å². The minimum atomic E-state index is -0.297. The van der Waals surface area contributed by atoms with Crippen LogP contribution >= 0.6 is 0 Å². The predicted molar refractivity (Wildman–Crippen MR) is 60.0 cm³/mol. The third-order valence-corrected chi connectivity index (χ3v) is 2.20. The van der Waals surface area contributed by atoms with Crippen LogP contribution in [0.4, 0.5) is 4.39 Å². The molecule has 0 aliphatic heterocycles. The molecule has 0 amide bonds. The minimum absolute atomic E-state index is 0.103. The number of rotatable bonds is 5. The first-order valence-electron chi connectivity index (χ1n) is 5.25.